The lowest BCUT2D eigenvalue weighted by molar-refractivity contribution is 0.161. The van der Waals surface area contributed by atoms with Gasteiger partial charge in [-0.15, -0.1) is 0 Å². The number of hydrogen-bond donors (Lipinski definition) is 0. The van der Waals surface area contributed by atoms with Crippen molar-refractivity contribution in [1.82, 2.24) is 0 Å². The Morgan fingerprint density at radius 3 is 0.912 bits per heavy atom. The van der Waals surface area contributed by atoms with E-state index in [9.17, 15) is 0 Å². The molecule has 8 heteroatoms. The maximum Gasteiger partial charge on any atom is 0.352 e. The van der Waals surface area contributed by atoms with Crippen molar-refractivity contribution in [3.8, 4) is 0 Å². The van der Waals surface area contributed by atoms with E-state index in [4.69, 9.17) is 17.7 Å². The predicted molar refractivity (Wildman–Crippen MR) is 159 cm³/mol. The zero-order chi connectivity index (χ0) is 25.7. The molecule has 0 aromatic carbocycles. The average Bonchev–Trinajstić information content (AvgIpc) is 2.86. The van der Waals surface area contributed by atoms with Gasteiger partial charge in [-0.3, -0.25) is 0 Å². The van der Waals surface area contributed by atoms with E-state index in [1.807, 2.05) is 21.6 Å². The molecule has 0 rings (SSSR count). The summed E-state index contributed by atoms with van der Waals surface area (Å²) >= 11 is 0. The second-order valence-electron chi connectivity index (χ2n) is 9.13. The molecule has 0 aromatic heterocycles. The van der Waals surface area contributed by atoms with Crippen LogP contribution in [0.15, 0.2) is 0 Å². The van der Waals surface area contributed by atoms with Crippen LogP contribution in [-0.4, -0.2) is 53.3 Å². The Bertz CT molecular complexity index is 401. The molecule has 4 nitrogen and oxygen atoms in total. The van der Waals surface area contributed by atoms with E-state index < -0.39 is 17.1 Å². The highest BCUT2D eigenvalue weighted by Crippen LogP contribution is 2.44. The Morgan fingerprint density at radius 2 is 0.735 bits per heavy atom. The van der Waals surface area contributed by atoms with Crippen molar-refractivity contribution >= 4 is 38.7 Å². The Hall–Kier alpha value is 0.974. The van der Waals surface area contributed by atoms with E-state index in [0.717, 1.165) is 103 Å². The molecule has 0 fully saturated rings. The maximum atomic E-state index is 6.69. The van der Waals surface area contributed by atoms with Crippen LogP contribution in [0.1, 0.15) is 120 Å². The third-order valence-corrected chi connectivity index (χ3v) is 20.8. The molecule has 34 heavy (non-hydrogen) atoms. The third kappa shape index (κ3) is 12.5. The van der Waals surface area contributed by atoms with E-state index in [1.54, 1.807) is 0 Å². The van der Waals surface area contributed by atoms with Crippen molar-refractivity contribution in [3.63, 3.8) is 0 Å². The second kappa shape index (κ2) is 22.0. The van der Waals surface area contributed by atoms with Crippen molar-refractivity contribution < 1.29 is 17.7 Å². The van der Waals surface area contributed by atoms with Gasteiger partial charge in [0.2, 0.25) is 0 Å². The molecule has 0 aliphatic rings. The first-order chi connectivity index (χ1) is 16.5. The van der Waals surface area contributed by atoms with Gasteiger partial charge in [-0.2, -0.15) is 0 Å². The van der Waals surface area contributed by atoms with Crippen LogP contribution in [0.25, 0.3) is 0 Å². The largest absolute Gasteiger partial charge is 0.394 e. The molecule has 0 bridgehead atoms. The van der Waals surface area contributed by atoms with Crippen LogP contribution in [0.5, 0.6) is 0 Å². The van der Waals surface area contributed by atoms with Crippen LogP contribution < -0.4 is 0 Å². The molecular formula is C26H58O4S2Si2. The third-order valence-electron chi connectivity index (χ3n) is 6.37. The molecule has 2 unspecified atom stereocenters. The first kappa shape index (κ1) is 35.0. The summed E-state index contributed by atoms with van der Waals surface area (Å²) in [4.78, 5) is 0.834. The van der Waals surface area contributed by atoms with Crippen LogP contribution in [0.4, 0.5) is 0 Å². The first-order valence-corrected chi connectivity index (χ1v) is 20.8. The Labute approximate surface area is 223 Å². The molecule has 0 N–H and O–H groups in total. The molecule has 2 atom stereocenters. The zero-order valence-corrected chi connectivity index (χ0v) is 27.6. The second-order valence-corrected chi connectivity index (χ2v) is 19.8. The predicted octanol–water partition coefficient (Wildman–Crippen LogP) is 9.19. The van der Waals surface area contributed by atoms with E-state index in [2.05, 4.69) is 55.4 Å². The Balaban J connectivity index is 5.62. The molecule has 206 valence electrons. The number of hydrogen-bond acceptors (Lipinski definition) is 6. The fraction of sp³-hybridized carbons (Fsp3) is 1.00. The van der Waals surface area contributed by atoms with E-state index >= 15 is 0 Å². The summed E-state index contributed by atoms with van der Waals surface area (Å²) in [6, 6.07) is 2.03. The minimum absolute atomic E-state index is 0.417. The van der Waals surface area contributed by atoms with Crippen molar-refractivity contribution in [2.45, 2.75) is 141 Å². The Morgan fingerprint density at radius 1 is 0.471 bits per heavy atom. The Kier molecular flexibility index (Phi) is 22.6. The van der Waals surface area contributed by atoms with Gasteiger partial charge in [0.15, 0.2) is 0 Å². The number of unbranched alkanes of at least 4 members (excludes halogenated alkanes) is 4. The molecule has 0 saturated carbocycles. The van der Waals surface area contributed by atoms with Gasteiger partial charge < -0.3 is 17.7 Å². The van der Waals surface area contributed by atoms with Gasteiger partial charge in [0.25, 0.3) is 0 Å². The minimum atomic E-state index is -2.31. The van der Waals surface area contributed by atoms with Crippen LogP contribution in [0.3, 0.4) is 0 Å². The number of rotatable bonds is 25. The van der Waals surface area contributed by atoms with Crippen LogP contribution in [-0.2, 0) is 17.7 Å². The van der Waals surface area contributed by atoms with E-state index in [0.29, 0.717) is 9.75 Å². The molecule has 0 aromatic rings. The van der Waals surface area contributed by atoms with E-state index in [-0.39, 0.29) is 0 Å². The standard InChI is InChI=1S/C26H58O4S2Si2/c1-9-17-21-27-33(15-7,28-22-18-10-2)25(13-5)31-32-26(14-6)34(16-8,29-23-19-11-3)30-24-20-12-4/h25-26H,9-24H2,1-8H3. The van der Waals surface area contributed by atoms with Gasteiger partial charge in [-0.1, -0.05) is 103 Å². The summed E-state index contributed by atoms with van der Waals surface area (Å²) in [5.74, 6) is 0. The van der Waals surface area contributed by atoms with Crippen LogP contribution >= 0.6 is 21.6 Å². The monoisotopic (exact) mass is 554 g/mol. The van der Waals surface area contributed by atoms with E-state index in [1.165, 1.54) is 0 Å². The van der Waals surface area contributed by atoms with Crippen molar-refractivity contribution in [2.75, 3.05) is 26.4 Å². The zero-order valence-electron chi connectivity index (χ0n) is 23.9. The summed E-state index contributed by atoms with van der Waals surface area (Å²) in [6.07, 6.45) is 11.3. The van der Waals surface area contributed by atoms with Gasteiger partial charge >= 0.3 is 17.1 Å². The lowest BCUT2D eigenvalue weighted by Crippen LogP contribution is -2.53. The highest BCUT2D eigenvalue weighted by Gasteiger charge is 2.48. The lowest BCUT2D eigenvalue weighted by atomic mass is 10.4. The quantitative estimate of drug-likeness (QED) is 0.0636. The normalized spacial score (nSPS) is 14.5. The van der Waals surface area contributed by atoms with Gasteiger partial charge in [0.1, 0.15) is 0 Å². The smallest absolute Gasteiger partial charge is 0.352 e. The molecule has 0 spiro atoms. The van der Waals surface area contributed by atoms with Crippen molar-refractivity contribution in [3.05, 3.63) is 0 Å². The van der Waals surface area contributed by atoms with Crippen molar-refractivity contribution in [1.29, 1.82) is 0 Å². The molecular weight excluding hydrogens is 497 g/mol. The summed E-state index contributed by atoms with van der Waals surface area (Å²) < 4.78 is 26.7. The highest BCUT2D eigenvalue weighted by atomic mass is 33.1. The first-order valence-electron chi connectivity index (χ1n) is 14.4. The fourth-order valence-corrected chi connectivity index (χ4v) is 18.5. The molecule has 0 radical (unpaired) electrons. The topological polar surface area (TPSA) is 36.9 Å². The van der Waals surface area contributed by atoms with Gasteiger partial charge in [0, 0.05) is 26.4 Å². The minimum Gasteiger partial charge on any atom is -0.394 e. The summed E-state index contributed by atoms with van der Waals surface area (Å²) in [5.41, 5.74) is 0. The van der Waals surface area contributed by atoms with Crippen molar-refractivity contribution in [2.24, 2.45) is 0 Å². The highest BCUT2D eigenvalue weighted by molar-refractivity contribution is 8.77. The van der Waals surface area contributed by atoms with Gasteiger partial charge in [0.05, 0.1) is 9.75 Å². The summed E-state index contributed by atoms with van der Waals surface area (Å²) in [5, 5.41) is 0. The SMILES string of the molecule is CCCCO[Si](CC)(OCCCC)C(CC)SSC(CC)[Si](CC)(OCCCC)OCCCC. The lowest BCUT2D eigenvalue weighted by Gasteiger charge is -2.39. The average molecular weight is 555 g/mol. The fourth-order valence-electron chi connectivity index (χ4n) is 3.91. The van der Waals surface area contributed by atoms with Gasteiger partial charge in [-0.05, 0) is 50.6 Å². The van der Waals surface area contributed by atoms with Crippen LogP contribution in [0.2, 0.25) is 12.1 Å². The molecule has 0 heterocycles. The summed E-state index contributed by atoms with van der Waals surface area (Å²) in [7, 11) is -0.566. The van der Waals surface area contributed by atoms with Gasteiger partial charge in [-0.25, -0.2) is 0 Å². The molecule has 0 aliphatic carbocycles. The molecule has 0 saturated heterocycles. The van der Waals surface area contributed by atoms with Crippen LogP contribution in [0, 0.1) is 0 Å². The molecule has 0 amide bonds. The maximum absolute atomic E-state index is 6.69. The summed E-state index contributed by atoms with van der Waals surface area (Å²) in [6.45, 7) is 21.4. The molecule has 0 aliphatic heterocycles.